The van der Waals surface area contributed by atoms with Crippen molar-refractivity contribution >= 4 is 17.9 Å². The number of benzene rings is 1. The summed E-state index contributed by atoms with van der Waals surface area (Å²) in [5, 5.41) is 7.35. The summed E-state index contributed by atoms with van der Waals surface area (Å²) in [5.41, 5.74) is 3.09. The second-order valence-electron chi connectivity index (χ2n) is 7.20. The maximum atomic E-state index is 14.3. The van der Waals surface area contributed by atoms with E-state index < -0.39 is 0 Å². The van der Waals surface area contributed by atoms with Gasteiger partial charge in [-0.05, 0) is 63.8 Å². The number of amides is 1. The minimum absolute atomic E-state index is 0.0597. The maximum Gasteiger partial charge on any atom is 0.271 e. The summed E-state index contributed by atoms with van der Waals surface area (Å²) in [7, 11) is 9.14. The number of rotatable bonds is 9. The second kappa shape index (κ2) is 10.6. The summed E-state index contributed by atoms with van der Waals surface area (Å²) in [6.45, 7) is 2.23. The van der Waals surface area contributed by atoms with Crippen LogP contribution in [0.1, 0.15) is 27.3 Å². The number of aryl methyl sites for hydroxylation is 1. The number of carbonyl (C=O) groups is 1. The average Bonchev–Trinajstić information content (AvgIpc) is 2.95. The molecule has 158 valence electrons. The minimum Gasteiger partial charge on any atom is -0.343 e. The summed E-state index contributed by atoms with van der Waals surface area (Å²) in [6.07, 6.45) is 2.03. The van der Waals surface area contributed by atoms with Gasteiger partial charge in [-0.3, -0.25) is 13.8 Å². The van der Waals surface area contributed by atoms with Crippen LogP contribution in [-0.2, 0) is 13.0 Å². The highest BCUT2D eigenvalue weighted by Gasteiger charge is 2.23. The van der Waals surface area contributed by atoms with Gasteiger partial charge in [0.2, 0.25) is 0 Å². The van der Waals surface area contributed by atoms with E-state index in [9.17, 15) is 9.18 Å². The van der Waals surface area contributed by atoms with Crippen molar-refractivity contribution in [2.24, 2.45) is 0 Å². The summed E-state index contributed by atoms with van der Waals surface area (Å²) in [5.74, 6) is -0.506. The fourth-order valence-electron chi connectivity index (χ4n) is 2.90. The second-order valence-corrected chi connectivity index (χ2v) is 8.59. The highest BCUT2D eigenvalue weighted by atomic mass is 32.2. The van der Waals surface area contributed by atoms with Crippen LogP contribution in [-0.4, -0.2) is 66.7 Å². The fourth-order valence-corrected chi connectivity index (χ4v) is 3.58. The lowest BCUT2D eigenvalue weighted by Crippen LogP contribution is -2.26. The first-order chi connectivity index (χ1) is 13.7. The molecule has 8 heteroatoms. The number of halogens is 1. The minimum atomic E-state index is -0.328. The molecule has 6 nitrogen and oxygen atoms in total. The van der Waals surface area contributed by atoms with Gasteiger partial charge in [0.05, 0.1) is 12.2 Å². The van der Waals surface area contributed by atoms with E-state index in [-0.39, 0.29) is 18.3 Å². The van der Waals surface area contributed by atoms with Crippen molar-refractivity contribution in [3.8, 4) is 0 Å². The molecule has 0 spiro atoms. The molecule has 0 aliphatic carbocycles. The lowest BCUT2D eigenvalue weighted by atomic mass is 10.0. The summed E-state index contributed by atoms with van der Waals surface area (Å²) in [4.78, 5) is 15.5. The van der Waals surface area contributed by atoms with Gasteiger partial charge in [0.1, 0.15) is 11.5 Å². The van der Waals surface area contributed by atoms with Crippen molar-refractivity contribution in [1.82, 2.24) is 24.3 Å². The zero-order valence-corrected chi connectivity index (χ0v) is 18.8. The normalized spacial score (nSPS) is 11.9. The third-order valence-electron chi connectivity index (χ3n) is 4.28. The summed E-state index contributed by atoms with van der Waals surface area (Å²) in [6, 6.07) is 8.24. The number of nitrogens with zero attached hydrogens (tertiary/aromatic N) is 4. The third kappa shape index (κ3) is 6.42. The van der Waals surface area contributed by atoms with Crippen LogP contribution >= 0.6 is 11.9 Å². The van der Waals surface area contributed by atoms with E-state index >= 15 is 0 Å². The number of carbonyl (C=O) groups excluding carboxylic acids is 1. The van der Waals surface area contributed by atoms with E-state index in [1.807, 2.05) is 25.3 Å². The Hall–Kier alpha value is -2.16. The summed E-state index contributed by atoms with van der Waals surface area (Å²) < 4.78 is 17.8. The molecule has 0 saturated carbocycles. The molecule has 1 N–H and O–H groups in total. The van der Waals surface area contributed by atoms with E-state index in [4.69, 9.17) is 0 Å². The number of hydrogen-bond donors (Lipinski definition) is 1. The first kappa shape index (κ1) is 23.1. The predicted molar refractivity (Wildman–Crippen MR) is 117 cm³/mol. The van der Waals surface area contributed by atoms with E-state index in [2.05, 4.69) is 34.7 Å². The molecular weight excluding hydrogens is 389 g/mol. The van der Waals surface area contributed by atoms with Crippen molar-refractivity contribution in [3.63, 3.8) is 0 Å². The van der Waals surface area contributed by atoms with Crippen molar-refractivity contribution in [2.45, 2.75) is 24.8 Å². The van der Waals surface area contributed by atoms with Crippen LogP contribution in [0.3, 0.4) is 0 Å². The standard InChI is InChI=1S/C21H30FN5OS/c1-15-19(13-16-7-9-18(10-8-16)29-26(5)6)20(21(28)25(3)4)27(24-15)14-17(22)11-12-23-2/h7-11,23H,12-14H2,1-6H3/b17-11-. The van der Waals surface area contributed by atoms with Crippen LogP contribution in [0.25, 0.3) is 0 Å². The lowest BCUT2D eigenvalue weighted by Gasteiger charge is -2.14. The van der Waals surface area contributed by atoms with Crippen LogP contribution in [0.2, 0.25) is 0 Å². The number of nitrogens with one attached hydrogen (secondary N) is 1. The first-order valence-electron chi connectivity index (χ1n) is 9.44. The number of hydrogen-bond acceptors (Lipinski definition) is 5. The van der Waals surface area contributed by atoms with Gasteiger partial charge in [0.15, 0.2) is 0 Å². The van der Waals surface area contributed by atoms with E-state index in [1.54, 1.807) is 33.1 Å². The molecule has 29 heavy (non-hydrogen) atoms. The van der Waals surface area contributed by atoms with Gasteiger partial charge in [-0.2, -0.15) is 5.10 Å². The highest BCUT2D eigenvalue weighted by molar-refractivity contribution is 7.97. The Morgan fingerprint density at radius 1 is 1.24 bits per heavy atom. The molecule has 0 radical (unpaired) electrons. The van der Waals surface area contributed by atoms with Crippen LogP contribution in [0, 0.1) is 6.92 Å². The first-order valence-corrected chi connectivity index (χ1v) is 10.2. The largest absolute Gasteiger partial charge is 0.343 e. The Morgan fingerprint density at radius 2 is 1.90 bits per heavy atom. The van der Waals surface area contributed by atoms with E-state index in [0.717, 1.165) is 21.7 Å². The SMILES string of the molecule is CNC/C=C(\F)Cn1nc(C)c(Cc2ccc(SN(C)C)cc2)c1C(=O)N(C)C. The highest BCUT2D eigenvalue weighted by Crippen LogP contribution is 2.24. The Morgan fingerprint density at radius 3 is 2.45 bits per heavy atom. The van der Waals surface area contributed by atoms with Crippen molar-refractivity contribution in [1.29, 1.82) is 0 Å². The molecule has 0 unspecified atom stereocenters. The van der Waals surface area contributed by atoms with E-state index in [1.165, 1.54) is 15.7 Å². The number of aromatic nitrogens is 2. The molecule has 1 aromatic carbocycles. The molecule has 0 bridgehead atoms. The van der Waals surface area contributed by atoms with Crippen LogP contribution in [0.5, 0.6) is 0 Å². The molecule has 2 rings (SSSR count). The van der Waals surface area contributed by atoms with Crippen LogP contribution < -0.4 is 5.32 Å². The zero-order valence-electron chi connectivity index (χ0n) is 18.0. The Labute approximate surface area is 176 Å². The van der Waals surface area contributed by atoms with E-state index in [0.29, 0.717) is 18.7 Å². The maximum absolute atomic E-state index is 14.3. The van der Waals surface area contributed by atoms with Gasteiger partial charge in [-0.15, -0.1) is 0 Å². The third-order valence-corrected chi connectivity index (χ3v) is 5.13. The number of allylic oxidation sites excluding steroid dienone is 1. The van der Waals surface area contributed by atoms with Crippen molar-refractivity contribution < 1.29 is 9.18 Å². The van der Waals surface area contributed by atoms with Gasteiger partial charge in [0.25, 0.3) is 5.91 Å². The molecule has 1 amide bonds. The van der Waals surface area contributed by atoms with Gasteiger partial charge in [-0.25, -0.2) is 4.39 Å². The topological polar surface area (TPSA) is 53.4 Å². The van der Waals surface area contributed by atoms with Gasteiger partial charge in [-0.1, -0.05) is 12.1 Å². The van der Waals surface area contributed by atoms with Crippen molar-refractivity contribution in [2.75, 3.05) is 41.8 Å². The molecule has 0 saturated heterocycles. The van der Waals surface area contributed by atoms with Gasteiger partial charge >= 0.3 is 0 Å². The molecule has 0 aliphatic rings. The zero-order chi connectivity index (χ0) is 21.6. The molecule has 1 aromatic heterocycles. The molecular formula is C21H30FN5OS. The predicted octanol–water partition coefficient (Wildman–Crippen LogP) is 3.13. The Bertz CT molecular complexity index is 859. The molecule has 0 aliphatic heterocycles. The lowest BCUT2D eigenvalue weighted by molar-refractivity contribution is 0.0814. The summed E-state index contributed by atoms with van der Waals surface area (Å²) >= 11 is 1.65. The van der Waals surface area contributed by atoms with Crippen LogP contribution in [0.15, 0.2) is 41.1 Å². The monoisotopic (exact) mass is 419 g/mol. The quantitative estimate of drug-likeness (QED) is 0.633. The molecule has 0 fully saturated rings. The molecule has 1 heterocycles. The smallest absolute Gasteiger partial charge is 0.271 e. The Balaban J connectivity index is 2.36. The Kier molecular flexibility index (Phi) is 8.43. The average molecular weight is 420 g/mol. The van der Waals surface area contributed by atoms with Crippen LogP contribution in [0.4, 0.5) is 4.39 Å². The molecule has 2 aromatic rings. The van der Waals surface area contributed by atoms with Crippen molar-refractivity contribution in [3.05, 3.63) is 58.7 Å². The molecule has 0 atom stereocenters. The fraction of sp³-hybridized carbons (Fsp3) is 0.429. The van der Waals surface area contributed by atoms with Gasteiger partial charge in [0, 0.05) is 37.5 Å². The number of likely N-dealkylation sites (N-methyl/N-ethyl adjacent to an activating group) is 1. The van der Waals surface area contributed by atoms with Gasteiger partial charge < -0.3 is 10.2 Å².